The van der Waals surface area contributed by atoms with Crippen molar-refractivity contribution in [2.75, 3.05) is 13.2 Å². The molecular formula is C18H27NO2. The summed E-state index contributed by atoms with van der Waals surface area (Å²) in [6.45, 7) is 7.12. The van der Waals surface area contributed by atoms with Gasteiger partial charge in [0.15, 0.2) is 11.5 Å². The molecule has 1 aromatic carbocycles. The summed E-state index contributed by atoms with van der Waals surface area (Å²) >= 11 is 0. The van der Waals surface area contributed by atoms with E-state index in [1.54, 1.807) is 0 Å². The van der Waals surface area contributed by atoms with Crippen molar-refractivity contribution < 1.29 is 9.47 Å². The van der Waals surface area contributed by atoms with Crippen LogP contribution in [-0.2, 0) is 6.54 Å². The van der Waals surface area contributed by atoms with Crippen LogP contribution in [0.25, 0.3) is 0 Å². The standard InChI is InChI=1S/C18H27NO2/c1-13-9-14(2)11-16(10-13)19-12-15-5-3-6-17-18(15)21-8-4-7-20-17/h3,5-6,13-14,16,19H,4,7-12H2,1-2H3. The number of hydrogen-bond donors (Lipinski definition) is 1. The van der Waals surface area contributed by atoms with E-state index in [2.05, 4.69) is 31.3 Å². The molecule has 1 aromatic rings. The van der Waals surface area contributed by atoms with Gasteiger partial charge in [0, 0.05) is 24.6 Å². The van der Waals surface area contributed by atoms with Crippen molar-refractivity contribution in [3.8, 4) is 11.5 Å². The van der Waals surface area contributed by atoms with Gasteiger partial charge in [-0.3, -0.25) is 0 Å². The number of fused-ring (bicyclic) bond motifs is 1. The lowest BCUT2D eigenvalue weighted by atomic mass is 9.80. The van der Waals surface area contributed by atoms with Crippen molar-refractivity contribution in [1.82, 2.24) is 5.32 Å². The normalized spacial score (nSPS) is 29.0. The fourth-order valence-electron chi connectivity index (χ4n) is 3.76. The van der Waals surface area contributed by atoms with Gasteiger partial charge >= 0.3 is 0 Å². The van der Waals surface area contributed by atoms with Crippen molar-refractivity contribution in [3.05, 3.63) is 23.8 Å². The molecule has 1 aliphatic carbocycles. The summed E-state index contributed by atoms with van der Waals surface area (Å²) in [6.07, 6.45) is 4.91. The molecule has 0 aromatic heterocycles. The first kappa shape index (κ1) is 14.7. The number of benzene rings is 1. The van der Waals surface area contributed by atoms with E-state index in [-0.39, 0.29) is 0 Å². The lowest BCUT2D eigenvalue weighted by Crippen LogP contribution is -2.36. The highest BCUT2D eigenvalue weighted by atomic mass is 16.5. The molecular weight excluding hydrogens is 262 g/mol. The van der Waals surface area contributed by atoms with Gasteiger partial charge in [-0.1, -0.05) is 26.0 Å². The van der Waals surface area contributed by atoms with Gasteiger partial charge in [0.25, 0.3) is 0 Å². The second-order valence-corrected chi connectivity index (χ2v) is 6.79. The van der Waals surface area contributed by atoms with E-state index >= 15 is 0 Å². The SMILES string of the molecule is CC1CC(C)CC(NCc2cccc3c2OCCCO3)C1. The summed E-state index contributed by atoms with van der Waals surface area (Å²) in [6, 6.07) is 6.85. The first-order valence-corrected chi connectivity index (χ1v) is 8.33. The van der Waals surface area contributed by atoms with E-state index in [1.807, 2.05) is 6.07 Å². The third-order valence-electron chi connectivity index (χ3n) is 4.61. The fraction of sp³-hybridized carbons (Fsp3) is 0.667. The van der Waals surface area contributed by atoms with Crippen LogP contribution in [0, 0.1) is 11.8 Å². The Labute approximate surface area is 128 Å². The van der Waals surface area contributed by atoms with Crippen LogP contribution in [-0.4, -0.2) is 19.3 Å². The molecule has 0 bridgehead atoms. The molecule has 1 aliphatic heterocycles. The monoisotopic (exact) mass is 289 g/mol. The molecule has 3 nitrogen and oxygen atoms in total. The number of rotatable bonds is 3. The van der Waals surface area contributed by atoms with Crippen LogP contribution in [0.5, 0.6) is 11.5 Å². The molecule has 0 amide bonds. The highest BCUT2D eigenvalue weighted by molar-refractivity contribution is 5.47. The van der Waals surface area contributed by atoms with E-state index in [9.17, 15) is 0 Å². The summed E-state index contributed by atoms with van der Waals surface area (Å²) in [7, 11) is 0. The molecule has 1 N–H and O–H groups in total. The average Bonchev–Trinajstić information content (AvgIpc) is 2.69. The van der Waals surface area contributed by atoms with E-state index < -0.39 is 0 Å². The molecule has 0 radical (unpaired) electrons. The Bertz CT molecular complexity index is 464. The zero-order valence-corrected chi connectivity index (χ0v) is 13.2. The molecule has 3 rings (SSSR count). The minimum absolute atomic E-state index is 0.631. The topological polar surface area (TPSA) is 30.5 Å². The van der Waals surface area contributed by atoms with Crippen molar-refractivity contribution in [3.63, 3.8) is 0 Å². The summed E-state index contributed by atoms with van der Waals surface area (Å²) in [5.74, 6) is 3.51. The van der Waals surface area contributed by atoms with Gasteiger partial charge in [-0.2, -0.15) is 0 Å². The second kappa shape index (κ2) is 6.69. The van der Waals surface area contributed by atoms with Crippen molar-refractivity contribution in [2.45, 2.75) is 52.1 Å². The molecule has 116 valence electrons. The average molecular weight is 289 g/mol. The largest absolute Gasteiger partial charge is 0.490 e. The summed E-state index contributed by atoms with van der Waals surface area (Å²) < 4.78 is 11.7. The lowest BCUT2D eigenvalue weighted by molar-refractivity contribution is 0.237. The highest BCUT2D eigenvalue weighted by Crippen LogP contribution is 2.34. The Morgan fingerprint density at radius 3 is 2.62 bits per heavy atom. The Morgan fingerprint density at radius 2 is 1.81 bits per heavy atom. The summed E-state index contributed by atoms with van der Waals surface area (Å²) in [4.78, 5) is 0. The molecule has 0 saturated heterocycles. The van der Waals surface area contributed by atoms with E-state index in [0.29, 0.717) is 6.04 Å². The van der Waals surface area contributed by atoms with E-state index in [1.165, 1.54) is 24.8 Å². The van der Waals surface area contributed by atoms with Crippen molar-refractivity contribution in [1.29, 1.82) is 0 Å². The highest BCUT2D eigenvalue weighted by Gasteiger charge is 2.24. The molecule has 1 heterocycles. The maximum Gasteiger partial charge on any atom is 0.165 e. The van der Waals surface area contributed by atoms with Gasteiger partial charge in [-0.25, -0.2) is 0 Å². The maximum absolute atomic E-state index is 5.90. The zero-order chi connectivity index (χ0) is 14.7. The minimum atomic E-state index is 0.631. The minimum Gasteiger partial charge on any atom is -0.490 e. The Morgan fingerprint density at radius 1 is 1.05 bits per heavy atom. The number of para-hydroxylation sites is 1. The zero-order valence-electron chi connectivity index (χ0n) is 13.2. The number of ether oxygens (including phenoxy) is 2. The quantitative estimate of drug-likeness (QED) is 0.919. The fourth-order valence-corrected chi connectivity index (χ4v) is 3.76. The van der Waals surface area contributed by atoms with Crippen molar-refractivity contribution >= 4 is 0 Å². The molecule has 2 aliphatic rings. The van der Waals surface area contributed by atoms with Crippen LogP contribution >= 0.6 is 0 Å². The van der Waals surface area contributed by atoms with Crippen LogP contribution in [0.1, 0.15) is 45.1 Å². The van der Waals surface area contributed by atoms with Crippen LogP contribution in [0.3, 0.4) is 0 Å². The summed E-state index contributed by atoms with van der Waals surface area (Å²) in [5.41, 5.74) is 1.22. The molecule has 3 heteroatoms. The molecule has 1 saturated carbocycles. The van der Waals surface area contributed by atoms with Gasteiger partial charge < -0.3 is 14.8 Å². The predicted molar refractivity (Wildman–Crippen MR) is 84.9 cm³/mol. The molecule has 1 fully saturated rings. The van der Waals surface area contributed by atoms with Gasteiger partial charge in [0.05, 0.1) is 13.2 Å². The van der Waals surface area contributed by atoms with Gasteiger partial charge in [0.2, 0.25) is 0 Å². The number of hydrogen-bond acceptors (Lipinski definition) is 3. The maximum atomic E-state index is 5.90. The van der Waals surface area contributed by atoms with Crippen LogP contribution in [0.4, 0.5) is 0 Å². The Balaban J connectivity index is 1.65. The van der Waals surface area contributed by atoms with Crippen LogP contribution in [0.2, 0.25) is 0 Å². The smallest absolute Gasteiger partial charge is 0.165 e. The molecule has 0 spiro atoms. The molecule has 2 atom stereocenters. The molecule has 21 heavy (non-hydrogen) atoms. The first-order chi connectivity index (χ1) is 10.2. The van der Waals surface area contributed by atoms with Gasteiger partial charge in [0.1, 0.15) is 0 Å². The second-order valence-electron chi connectivity index (χ2n) is 6.79. The third-order valence-corrected chi connectivity index (χ3v) is 4.61. The Kier molecular flexibility index (Phi) is 4.69. The predicted octanol–water partition coefficient (Wildman–Crippen LogP) is 3.76. The van der Waals surface area contributed by atoms with Crippen LogP contribution in [0.15, 0.2) is 18.2 Å². The molecule has 2 unspecified atom stereocenters. The number of nitrogens with one attached hydrogen (secondary N) is 1. The van der Waals surface area contributed by atoms with E-state index in [4.69, 9.17) is 9.47 Å². The Hall–Kier alpha value is -1.22. The van der Waals surface area contributed by atoms with E-state index in [0.717, 1.165) is 49.5 Å². The van der Waals surface area contributed by atoms with Gasteiger partial charge in [-0.05, 0) is 37.2 Å². The lowest BCUT2D eigenvalue weighted by Gasteiger charge is -2.32. The van der Waals surface area contributed by atoms with Crippen molar-refractivity contribution in [2.24, 2.45) is 11.8 Å². The van der Waals surface area contributed by atoms with Crippen LogP contribution < -0.4 is 14.8 Å². The first-order valence-electron chi connectivity index (χ1n) is 8.33. The van der Waals surface area contributed by atoms with Gasteiger partial charge in [-0.15, -0.1) is 0 Å². The third kappa shape index (κ3) is 3.70. The summed E-state index contributed by atoms with van der Waals surface area (Å²) in [5, 5.41) is 3.73.